The number of aromatic nitrogens is 3. The molecule has 0 aromatic carbocycles. The fourth-order valence-corrected chi connectivity index (χ4v) is 2.69. The highest BCUT2D eigenvalue weighted by molar-refractivity contribution is 5.43. The van der Waals surface area contributed by atoms with Gasteiger partial charge in [0.15, 0.2) is 0 Å². The molecule has 1 aromatic heterocycles. The van der Waals surface area contributed by atoms with Crippen LogP contribution in [0.15, 0.2) is 0 Å². The van der Waals surface area contributed by atoms with Crippen molar-refractivity contribution >= 4 is 17.8 Å². The average Bonchev–Trinajstić information content (AvgIpc) is 2.77. The van der Waals surface area contributed by atoms with Crippen LogP contribution in [0.1, 0.15) is 25.7 Å². The molecule has 0 atom stereocenters. The number of hydrogen-bond acceptors (Lipinski definition) is 7. The molecule has 2 saturated heterocycles. The number of hydrogen-bond donors (Lipinski definition) is 1. The third kappa shape index (κ3) is 3.09. The van der Waals surface area contributed by atoms with Gasteiger partial charge in [0.2, 0.25) is 17.8 Å². The van der Waals surface area contributed by atoms with Gasteiger partial charge in [0.1, 0.15) is 0 Å². The summed E-state index contributed by atoms with van der Waals surface area (Å²) in [5, 5.41) is 0. The monoisotopic (exact) mass is 278 g/mol. The van der Waals surface area contributed by atoms with Crippen molar-refractivity contribution in [3.8, 4) is 0 Å². The second-order valence-electron chi connectivity index (χ2n) is 5.29. The number of nitrogen functional groups attached to an aromatic ring is 1. The van der Waals surface area contributed by atoms with Gasteiger partial charge in [-0.2, -0.15) is 15.0 Å². The highest BCUT2D eigenvalue weighted by atomic mass is 16.5. The minimum absolute atomic E-state index is 0.306. The Labute approximate surface area is 119 Å². The van der Waals surface area contributed by atoms with E-state index >= 15 is 0 Å². The number of rotatable bonds is 2. The molecular weight excluding hydrogens is 256 g/mol. The van der Waals surface area contributed by atoms with Gasteiger partial charge in [-0.1, -0.05) is 12.8 Å². The quantitative estimate of drug-likeness (QED) is 0.851. The molecule has 20 heavy (non-hydrogen) atoms. The standard InChI is InChI=1S/C13H22N6O/c14-11-15-12(18-5-3-1-2-4-6-18)17-13(16-11)19-7-9-20-10-8-19/h1-10H2,(H2,14,15,16,17). The van der Waals surface area contributed by atoms with Gasteiger partial charge in [0.25, 0.3) is 0 Å². The molecular formula is C13H22N6O. The van der Waals surface area contributed by atoms with E-state index in [1.807, 2.05) is 0 Å². The van der Waals surface area contributed by atoms with E-state index in [0.717, 1.165) is 32.1 Å². The van der Waals surface area contributed by atoms with Crippen LogP contribution in [0, 0.1) is 0 Å². The van der Waals surface area contributed by atoms with Crippen molar-refractivity contribution in [2.24, 2.45) is 0 Å². The van der Waals surface area contributed by atoms with Crippen molar-refractivity contribution in [2.75, 3.05) is 54.9 Å². The Morgan fingerprint density at radius 2 is 1.30 bits per heavy atom. The van der Waals surface area contributed by atoms with E-state index in [1.54, 1.807) is 0 Å². The molecule has 2 N–H and O–H groups in total. The molecule has 0 bridgehead atoms. The van der Waals surface area contributed by atoms with Crippen LogP contribution in [-0.4, -0.2) is 54.3 Å². The Kier molecular flexibility index (Phi) is 4.15. The van der Waals surface area contributed by atoms with Crippen molar-refractivity contribution in [2.45, 2.75) is 25.7 Å². The summed E-state index contributed by atoms with van der Waals surface area (Å²) in [6, 6.07) is 0. The summed E-state index contributed by atoms with van der Waals surface area (Å²) in [5.74, 6) is 1.71. The van der Waals surface area contributed by atoms with Crippen LogP contribution in [0.4, 0.5) is 17.8 Å². The van der Waals surface area contributed by atoms with Crippen molar-refractivity contribution in [3.63, 3.8) is 0 Å². The van der Waals surface area contributed by atoms with E-state index in [-0.39, 0.29) is 0 Å². The van der Waals surface area contributed by atoms with Crippen molar-refractivity contribution < 1.29 is 4.74 Å². The molecule has 2 aliphatic rings. The highest BCUT2D eigenvalue weighted by Gasteiger charge is 2.19. The predicted octanol–water partition coefficient (Wildman–Crippen LogP) is 0.671. The topological polar surface area (TPSA) is 80.4 Å². The maximum atomic E-state index is 5.87. The van der Waals surface area contributed by atoms with Crippen LogP contribution in [-0.2, 0) is 4.74 Å². The molecule has 110 valence electrons. The zero-order chi connectivity index (χ0) is 13.8. The Bertz CT molecular complexity index is 440. The third-order valence-corrected chi connectivity index (χ3v) is 3.81. The van der Waals surface area contributed by atoms with Gasteiger partial charge in [0.05, 0.1) is 13.2 Å². The van der Waals surface area contributed by atoms with Crippen molar-refractivity contribution in [3.05, 3.63) is 0 Å². The van der Waals surface area contributed by atoms with Crippen LogP contribution in [0.3, 0.4) is 0 Å². The number of morpholine rings is 1. The van der Waals surface area contributed by atoms with Gasteiger partial charge in [-0.25, -0.2) is 0 Å². The summed E-state index contributed by atoms with van der Waals surface area (Å²) in [6.07, 6.45) is 4.96. The van der Waals surface area contributed by atoms with Gasteiger partial charge in [-0.15, -0.1) is 0 Å². The van der Waals surface area contributed by atoms with Crippen molar-refractivity contribution in [1.29, 1.82) is 0 Å². The molecule has 1 aromatic rings. The van der Waals surface area contributed by atoms with Crippen LogP contribution in [0.25, 0.3) is 0 Å². The first-order valence-electron chi connectivity index (χ1n) is 7.42. The third-order valence-electron chi connectivity index (χ3n) is 3.81. The molecule has 3 rings (SSSR count). The predicted molar refractivity (Wildman–Crippen MR) is 78.0 cm³/mol. The van der Waals surface area contributed by atoms with Gasteiger partial charge in [0, 0.05) is 26.2 Å². The zero-order valence-corrected chi connectivity index (χ0v) is 11.8. The van der Waals surface area contributed by atoms with Crippen LogP contribution in [0.5, 0.6) is 0 Å². The summed E-state index contributed by atoms with van der Waals surface area (Å²) < 4.78 is 5.36. The normalized spacial score (nSPS) is 20.8. The number of nitrogens with zero attached hydrogens (tertiary/aromatic N) is 5. The van der Waals surface area contributed by atoms with Crippen LogP contribution < -0.4 is 15.5 Å². The molecule has 0 unspecified atom stereocenters. The Morgan fingerprint density at radius 1 is 0.750 bits per heavy atom. The average molecular weight is 278 g/mol. The molecule has 7 nitrogen and oxygen atoms in total. The molecule has 0 aliphatic carbocycles. The highest BCUT2D eigenvalue weighted by Crippen LogP contribution is 2.19. The molecule has 0 saturated carbocycles. The second-order valence-corrected chi connectivity index (χ2v) is 5.29. The lowest BCUT2D eigenvalue weighted by Gasteiger charge is -2.28. The lowest BCUT2D eigenvalue weighted by atomic mass is 10.2. The molecule has 0 amide bonds. The van der Waals surface area contributed by atoms with Gasteiger partial charge >= 0.3 is 0 Å². The number of anilines is 3. The SMILES string of the molecule is Nc1nc(N2CCCCCC2)nc(N2CCOCC2)n1. The maximum Gasteiger partial charge on any atom is 0.232 e. The molecule has 0 radical (unpaired) electrons. The lowest BCUT2D eigenvalue weighted by molar-refractivity contribution is 0.122. The number of nitrogens with two attached hydrogens (primary N) is 1. The molecule has 7 heteroatoms. The first kappa shape index (κ1) is 13.4. The molecule has 2 fully saturated rings. The minimum atomic E-state index is 0.306. The Balaban J connectivity index is 1.81. The van der Waals surface area contributed by atoms with E-state index in [4.69, 9.17) is 10.5 Å². The Morgan fingerprint density at radius 3 is 1.90 bits per heavy atom. The summed E-state index contributed by atoms with van der Waals surface area (Å²) in [6.45, 7) is 5.05. The second kappa shape index (κ2) is 6.21. The number of ether oxygens (including phenoxy) is 1. The van der Waals surface area contributed by atoms with E-state index in [0.29, 0.717) is 25.1 Å². The van der Waals surface area contributed by atoms with Gasteiger partial charge in [-0.3, -0.25) is 0 Å². The summed E-state index contributed by atoms with van der Waals surface area (Å²) in [4.78, 5) is 17.6. The smallest absolute Gasteiger partial charge is 0.232 e. The van der Waals surface area contributed by atoms with Gasteiger partial charge in [-0.05, 0) is 12.8 Å². The van der Waals surface area contributed by atoms with Gasteiger partial charge < -0.3 is 20.3 Å². The van der Waals surface area contributed by atoms with Crippen LogP contribution >= 0.6 is 0 Å². The molecule has 0 spiro atoms. The summed E-state index contributed by atoms with van der Waals surface area (Å²) >= 11 is 0. The Hall–Kier alpha value is -1.63. The van der Waals surface area contributed by atoms with Crippen molar-refractivity contribution in [1.82, 2.24) is 15.0 Å². The van der Waals surface area contributed by atoms with E-state index < -0.39 is 0 Å². The fourth-order valence-electron chi connectivity index (χ4n) is 2.69. The maximum absolute atomic E-state index is 5.87. The van der Waals surface area contributed by atoms with E-state index in [2.05, 4.69) is 24.8 Å². The minimum Gasteiger partial charge on any atom is -0.378 e. The van der Waals surface area contributed by atoms with E-state index in [9.17, 15) is 0 Å². The van der Waals surface area contributed by atoms with Crippen LogP contribution in [0.2, 0.25) is 0 Å². The molecule has 3 heterocycles. The first-order chi connectivity index (χ1) is 9.83. The largest absolute Gasteiger partial charge is 0.378 e. The zero-order valence-electron chi connectivity index (χ0n) is 11.8. The summed E-state index contributed by atoms with van der Waals surface area (Å²) in [7, 11) is 0. The lowest BCUT2D eigenvalue weighted by Crippen LogP contribution is -2.38. The first-order valence-corrected chi connectivity index (χ1v) is 7.42. The summed E-state index contributed by atoms with van der Waals surface area (Å²) in [5.41, 5.74) is 5.87. The van der Waals surface area contributed by atoms with E-state index in [1.165, 1.54) is 25.7 Å². The molecule has 2 aliphatic heterocycles. The fraction of sp³-hybridized carbons (Fsp3) is 0.769.